The monoisotopic (exact) mass is 262 g/mol. The van der Waals surface area contributed by atoms with Crippen molar-refractivity contribution in [1.29, 1.82) is 0 Å². The average Bonchev–Trinajstić information content (AvgIpc) is 2.60. The highest BCUT2D eigenvalue weighted by Crippen LogP contribution is 2.21. The molecule has 0 spiro atoms. The molecule has 2 amide bonds. The number of benzene rings is 1. The van der Waals surface area contributed by atoms with Crippen molar-refractivity contribution >= 4 is 11.8 Å². The molecule has 1 aliphatic heterocycles. The summed E-state index contributed by atoms with van der Waals surface area (Å²) in [5, 5.41) is 9.27. The van der Waals surface area contributed by atoms with Gasteiger partial charge in [-0.2, -0.15) is 0 Å². The number of likely N-dealkylation sites (N-methyl/N-ethyl adjacent to an activating group) is 1. The minimum atomic E-state index is -0.424. The van der Waals surface area contributed by atoms with Crippen molar-refractivity contribution in [2.24, 2.45) is 0 Å². The molecule has 0 aliphatic carbocycles. The molecule has 1 atom stereocenters. The van der Waals surface area contributed by atoms with Crippen molar-refractivity contribution in [2.45, 2.75) is 13.0 Å². The van der Waals surface area contributed by atoms with Crippen LogP contribution in [0.1, 0.15) is 27.6 Å². The van der Waals surface area contributed by atoms with Crippen LogP contribution in [-0.2, 0) is 0 Å². The van der Waals surface area contributed by atoms with Crippen molar-refractivity contribution in [3.63, 3.8) is 0 Å². The molecule has 19 heavy (non-hydrogen) atoms. The smallest absolute Gasteiger partial charge is 0.261 e. The van der Waals surface area contributed by atoms with Crippen molar-refractivity contribution in [3.8, 4) is 0 Å². The average molecular weight is 262 g/mol. The van der Waals surface area contributed by atoms with Gasteiger partial charge in [0.15, 0.2) is 0 Å². The lowest BCUT2D eigenvalue weighted by atomic mass is 10.1. The van der Waals surface area contributed by atoms with Gasteiger partial charge in [-0.15, -0.1) is 0 Å². The van der Waals surface area contributed by atoms with Crippen LogP contribution in [0.4, 0.5) is 0 Å². The van der Waals surface area contributed by atoms with E-state index in [1.54, 1.807) is 31.2 Å². The van der Waals surface area contributed by atoms with Gasteiger partial charge >= 0.3 is 0 Å². The fraction of sp³-hybridized carbons (Fsp3) is 0.429. The third kappa shape index (κ3) is 2.83. The van der Waals surface area contributed by atoms with E-state index in [1.165, 1.54) is 4.90 Å². The summed E-state index contributed by atoms with van der Waals surface area (Å²) in [6.07, 6.45) is -0.424. The fourth-order valence-electron chi connectivity index (χ4n) is 2.26. The first-order valence-corrected chi connectivity index (χ1v) is 6.32. The minimum Gasteiger partial charge on any atom is -0.392 e. The topological polar surface area (TPSA) is 60.9 Å². The Bertz CT molecular complexity index is 464. The SMILES string of the molecule is CC(O)CN(C)CCN1C(=O)c2ccccc2C1=O. The van der Waals surface area contributed by atoms with Gasteiger partial charge in [0.25, 0.3) is 11.8 Å². The molecule has 2 rings (SSSR count). The van der Waals surface area contributed by atoms with E-state index in [9.17, 15) is 14.7 Å². The van der Waals surface area contributed by atoms with E-state index in [-0.39, 0.29) is 11.8 Å². The molecule has 1 aromatic rings. The van der Waals surface area contributed by atoms with Crippen molar-refractivity contribution in [3.05, 3.63) is 35.4 Å². The number of carbonyl (C=O) groups is 2. The lowest BCUT2D eigenvalue weighted by Crippen LogP contribution is -2.38. The van der Waals surface area contributed by atoms with Crippen LogP contribution in [0.3, 0.4) is 0 Å². The van der Waals surface area contributed by atoms with E-state index in [2.05, 4.69) is 0 Å². The van der Waals surface area contributed by atoms with Crippen LogP contribution in [0, 0.1) is 0 Å². The van der Waals surface area contributed by atoms with Gasteiger partial charge in [-0.3, -0.25) is 14.5 Å². The number of amides is 2. The van der Waals surface area contributed by atoms with Gasteiger partial charge in [-0.05, 0) is 26.1 Å². The number of imide groups is 1. The number of hydrogen-bond donors (Lipinski definition) is 1. The molecule has 0 saturated heterocycles. The molecule has 1 aliphatic rings. The molecular weight excluding hydrogens is 244 g/mol. The highest BCUT2D eigenvalue weighted by Gasteiger charge is 2.34. The molecule has 0 fully saturated rings. The highest BCUT2D eigenvalue weighted by atomic mass is 16.3. The zero-order valence-corrected chi connectivity index (χ0v) is 11.2. The number of carbonyl (C=O) groups excluding carboxylic acids is 2. The number of hydrogen-bond acceptors (Lipinski definition) is 4. The van der Waals surface area contributed by atoms with E-state index in [1.807, 2.05) is 11.9 Å². The molecule has 5 heteroatoms. The van der Waals surface area contributed by atoms with Crippen LogP contribution < -0.4 is 0 Å². The molecule has 1 heterocycles. The summed E-state index contributed by atoms with van der Waals surface area (Å²) >= 11 is 0. The van der Waals surface area contributed by atoms with Gasteiger partial charge in [0.2, 0.25) is 0 Å². The summed E-state index contributed by atoms with van der Waals surface area (Å²) in [6, 6.07) is 6.87. The summed E-state index contributed by atoms with van der Waals surface area (Å²) in [4.78, 5) is 27.3. The van der Waals surface area contributed by atoms with E-state index in [0.717, 1.165) is 0 Å². The Labute approximate surface area is 112 Å². The van der Waals surface area contributed by atoms with Crippen LogP contribution in [-0.4, -0.2) is 59.5 Å². The molecule has 0 saturated carbocycles. The Morgan fingerprint density at radius 2 is 1.74 bits per heavy atom. The van der Waals surface area contributed by atoms with Crippen molar-refractivity contribution in [1.82, 2.24) is 9.80 Å². The molecule has 1 aromatic carbocycles. The van der Waals surface area contributed by atoms with E-state index in [4.69, 9.17) is 0 Å². The molecule has 0 aromatic heterocycles. The van der Waals surface area contributed by atoms with Crippen LogP contribution in [0.5, 0.6) is 0 Å². The highest BCUT2D eigenvalue weighted by molar-refractivity contribution is 6.21. The van der Waals surface area contributed by atoms with Crippen molar-refractivity contribution in [2.75, 3.05) is 26.7 Å². The predicted molar refractivity (Wildman–Crippen MR) is 71.0 cm³/mol. The number of aliphatic hydroxyl groups is 1. The second-order valence-electron chi connectivity index (χ2n) is 4.92. The fourth-order valence-corrected chi connectivity index (χ4v) is 2.26. The Morgan fingerprint density at radius 1 is 1.21 bits per heavy atom. The molecule has 1 N–H and O–H groups in total. The number of nitrogens with zero attached hydrogens (tertiary/aromatic N) is 2. The standard InChI is InChI=1S/C14H18N2O3/c1-10(17)9-15(2)7-8-16-13(18)11-5-3-4-6-12(11)14(16)19/h3-6,10,17H,7-9H2,1-2H3. The second kappa shape index (κ2) is 5.50. The van der Waals surface area contributed by atoms with Crippen LogP contribution in [0.25, 0.3) is 0 Å². The van der Waals surface area contributed by atoms with Gasteiger partial charge in [0, 0.05) is 19.6 Å². The second-order valence-corrected chi connectivity index (χ2v) is 4.92. The maximum Gasteiger partial charge on any atom is 0.261 e. The van der Waals surface area contributed by atoms with Gasteiger partial charge in [0.05, 0.1) is 17.2 Å². The van der Waals surface area contributed by atoms with Gasteiger partial charge in [-0.25, -0.2) is 0 Å². The summed E-state index contributed by atoms with van der Waals surface area (Å²) in [7, 11) is 1.85. The Hall–Kier alpha value is -1.72. The maximum absolute atomic E-state index is 12.1. The van der Waals surface area contributed by atoms with Crippen LogP contribution in [0.15, 0.2) is 24.3 Å². The number of aliphatic hydroxyl groups excluding tert-OH is 1. The summed E-state index contributed by atoms with van der Waals surface area (Å²) in [6.45, 7) is 3.12. The third-order valence-electron chi connectivity index (χ3n) is 3.16. The Balaban J connectivity index is 2.01. The number of fused-ring (bicyclic) bond motifs is 1. The normalized spacial score (nSPS) is 16.1. The Kier molecular flexibility index (Phi) is 3.97. The van der Waals surface area contributed by atoms with Gasteiger partial charge < -0.3 is 10.0 Å². The van der Waals surface area contributed by atoms with Crippen LogP contribution >= 0.6 is 0 Å². The largest absolute Gasteiger partial charge is 0.392 e. The third-order valence-corrected chi connectivity index (χ3v) is 3.16. The predicted octanol–water partition coefficient (Wildman–Crippen LogP) is 0.595. The molecule has 0 radical (unpaired) electrons. The lowest BCUT2D eigenvalue weighted by molar-refractivity contribution is 0.0631. The molecule has 0 bridgehead atoms. The first-order chi connectivity index (χ1) is 9.00. The zero-order chi connectivity index (χ0) is 14.0. The first kappa shape index (κ1) is 13.7. The summed E-state index contributed by atoms with van der Waals surface area (Å²) in [5.74, 6) is -0.461. The molecule has 102 valence electrons. The number of rotatable bonds is 5. The quantitative estimate of drug-likeness (QED) is 0.789. The van der Waals surface area contributed by atoms with Crippen LogP contribution in [0.2, 0.25) is 0 Å². The van der Waals surface area contributed by atoms with Gasteiger partial charge in [0.1, 0.15) is 0 Å². The minimum absolute atomic E-state index is 0.231. The summed E-state index contributed by atoms with van der Waals surface area (Å²) < 4.78 is 0. The lowest BCUT2D eigenvalue weighted by Gasteiger charge is -2.21. The van der Waals surface area contributed by atoms with E-state index < -0.39 is 6.10 Å². The van der Waals surface area contributed by atoms with Gasteiger partial charge in [-0.1, -0.05) is 12.1 Å². The van der Waals surface area contributed by atoms with E-state index in [0.29, 0.717) is 30.8 Å². The maximum atomic E-state index is 12.1. The molecule has 1 unspecified atom stereocenters. The summed E-state index contributed by atoms with van der Waals surface area (Å²) in [5.41, 5.74) is 0.955. The zero-order valence-electron chi connectivity index (χ0n) is 11.2. The van der Waals surface area contributed by atoms with E-state index >= 15 is 0 Å². The van der Waals surface area contributed by atoms with Crippen molar-refractivity contribution < 1.29 is 14.7 Å². The first-order valence-electron chi connectivity index (χ1n) is 6.32. The Morgan fingerprint density at radius 3 is 2.21 bits per heavy atom. The molecule has 5 nitrogen and oxygen atoms in total. The molecular formula is C14H18N2O3.